The molecule has 2 aromatic rings. The van der Waals surface area contributed by atoms with Crippen LogP contribution in [0.4, 0.5) is 0 Å². The molecule has 0 heterocycles. The number of nitrogens with one attached hydrogen (secondary N) is 1. The predicted molar refractivity (Wildman–Crippen MR) is 103 cm³/mol. The Labute approximate surface area is 162 Å². The van der Waals surface area contributed by atoms with Crippen molar-refractivity contribution >= 4 is 18.1 Å². The number of rotatable bonds is 10. The molecule has 0 radical (unpaired) electrons. The fourth-order valence-corrected chi connectivity index (χ4v) is 2.30. The van der Waals surface area contributed by atoms with Crippen LogP contribution in [-0.4, -0.2) is 43.5 Å². The number of ether oxygens (including phenoxy) is 3. The maximum Gasteiger partial charge on any atom is 0.341 e. The number of hydrazone groups is 1. The molecule has 8 heteroatoms. The van der Waals surface area contributed by atoms with Crippen molar-refractivity contribution in [1.29, 1.82) is 0 Å². The van der Waals surface area contributed by atoms with Crippen LogP contribution in [0.3, 0.4) is 0 Å². The lowest BCUT2D eigenvalue weighted by Gasteiger charge is -2.09. The number of hydrogen-bond acceptors (Lipinski definition) is 6. The van der Waals surface area contributed by atoms with Crippen molar-refractivity contribution in [1.82, 2.24) is 5.43 Å². The van der Waals surface area contributed by atoms with Gasteiger partial charge in [0.1, 0.15) is 5.75 Å². The van der Waals surface area contributed by atoms with E-state index in [1.165, 1.54) is 13.3 Å². The monoisotopic (exact) mass is 386 g/mol. The Morgan fingerprint density at radius 2 is 1.86 bits per heavy atom. The molecule has 0 aliphatic carbocycles. The molecule has 2 aromatic carbocycles. The SMILES string of the molecule is CCOc1ccc(CC(=O)N/N=C\c2ccc(OCC(=O)O)c(OC)c2)cc1. The molecule has 0 saturated heterocycles. The highest BCUT2D eigenvalue weighted by Crippen LogP contribution is 2.27. The van der Waals surface area contributed by atoms with Crippen LogP contribution in [0.25, 0.3) is 0 Å². The first-order valence-corrected chi connectivity index (χ1v) is 8.58. The average molecular weight is 386 g/mol. The van der Waals surface area contributed by atoms with Crippen molar-refractivity contribution in [2.75, 3.05) is 20.3 Å². The van der Waals surface area contributed by atoms with Gasteiger partial charge in [-0.3, -0.25) is 4.79 Å². The smallest absolute Gasteiger partial charge is 0.341 e. The molecule has 2 N–H and O–H groups in total. The summed E-state index contributed by atoms with van der Waals surface area (Å²) in [5.41, 5.74) is 3.96. The number of amides is 1. The molecule has 0 fully saturated rings. The number of carbonyl (C=O) groups is 2. The Balaban J connectivity index is 1.90. The van der Waals surface area contributed by atoms with Crippen LogP contribution >= 0.6 is 0 Å². The van der Waals surface area contributed by atoms with Gasteiger partial charge in [-0.15, -0.1) is 0 Å². The zero-order valence-electron chi connectivity index (χ0n) is 15.7. The summed E-state index contributed by atoms with van der Waals surface area (Å²) in [7, 11) is 1.45. The van der Waals surface area contributed by atoms with Crippen molar-refractivity contribution in [2.24, 2.45) is 5.10 Å². The second kappa shape index (κ2) is 10.6. The van der Waals surface area contributed by atoms with Gasteiger partial charge in [0.25, 0.3) is 0 Å². The summed E-state index contributed by atoms with van der Waals surface area (Å²) in [4.78, 5) is 22.6. The molecular weight excluding hydrogens is 364 g/mol. The number of carboxylic acids is 1. The normalized spacial score (nSPS) is 10.5. The number of carboxylic acid groups (broad SMARTS) is 1. The van der Waals surface area contributed by atoms with Crippen LogP contribution in [-0.2, 0) is 16.0 Å². The standard InChI is InChI=1S/C20H22N2O6/c1-3-27-16-7-4-14(5-8-16)11-19(23)22-21-12-15-6-9-17(18(10-15)26-2)28-13-20(24)25/h4-10,12H,3,11,13H2,1-2H3,(H,22,23)(H,24,25)/b21-12-. The minimum Gasteiger partial charge on any atom is -0.494 e. The third-order valence-corrected chi connectivity index (χ3v) is 3.54. The molecule has 0 unspecified atom stereocenters. The summed E-state index contributed by atoms with van der Waals surface area (Å²) in [5, 5.41) is 12.6. The molecule has 2 rings (SSSR count). The largest absolute Gasteiger partial charge is 0.494 e. The fraction of sp³-hybridized carbons (Fsp3) is 0.250. The van der Waals surface area contributed by atoms with Crippen molar-refractivity contribution < 1.29 is 28.9 Å². The molecule has 1 amide bonds. The van der Waals surface area contributed by atoms with E-state index in [1.807, 2.05) is 31.2 Å². The van der Waals surface area contributed by atoms with Crippen LogP contribution < -0.4 is 19.6 Å². The molecule has 0 bridgehead atoms. The maximum atomic E-state index is 12.0. The summed E-state index contributed by atoms with van der Waals surface area (Å²) < 4.78 is 15.7. The molecule has 0 aliphatic heterocycles. The number of benzene rings is 2. The van der Waals surface area contributed by atoms with E-state index in [4.69, 9.17) is 19.3 Å². The van der Waals surface area contributed by atoms with E-state index in [0.717, 1.165) is 11.3 Å². The number of hydrogen-bond donors (Lipinski definition) is 2. The van der Waals surface area contributed by atoms with E-state index >= 15 is 0 Å². The average Bonchev–Trinajstić information content (AvgIpc) is 2.68. The highest BCUT2D eigenvalue weighted by molar-refractivity contribution is 5.84. The molecule has 28 heavy (non-hydrogen) atoms. The molecule has 0 aliphatic rings. The van der Waals surface area contributed by atoms with Gasteiger partial charge < -0.3 is 19.3 Å². The van der Waals surface area contributed by atoms with E-state index in [0.29, 0.717) is 23.7 Å². The summed E-state index contributed by atoms with van der Waals surface area (Å²) in [6.45, 7) is 2.03. The number of carbonyl (C=O) groups excluding carboxylic acids is 1. The van der Waals surface area contributed by atoms with Crippen LogP contribution in [0.15, 0.2) is 47.6 Å². The van der Waals surface area contributed by atoms with Crippen molar-refractivity contribution in [3.05, 3.63) is 53.6 Å². The summed E-state index contributed by atoms with van der Waals surface area (Å²) >= 11 is 0. The lowest BCUT2D eigenvalue weighted by atomic mass is 10.1. The van der Waals surface area contributed by atoms with Crippen LogP contribution in [0.5, 0.6) is 17.2 Å². The van der Waals surface area contributed by atoms with Gasteiger partial charge in [0.2, 0.25) is 5.91 Å². The van der Waals surface area contributed by atoms with Gasteiger partial charge in [0, 0.05) is 0 Å². The number of aliphatic carboxylic acids is 1. The summed E-state index contributed by atoms with van der Waals surface area (Å²) in [6, 6.07) is 12.2. The predicted octanol–water partition coefficient (Wildman–Crippen LogP) is 2.25. The lowest BCUT2D eigenvalue weighted by molar-refractivity contribution is -0.139. The highest BCUT2D eigenvalue weighted by atomic mass is 16.5. The molecule has 8 nitrogen and oxygen atoms in total. The second-order valence-electron chi connectivity index (χ2n) is 5.64. The summed E-state index contributed by atoms with van der Waals surface area (Å²) in [6.07, 6.45) is 1.65. The van der Waals surface area contributed by atoms with Gasteiger partial charge in [-0.05, 0) is 48.4 Å². The Bertz CT molecular complexity index is 833. The Morgan fingerprint density at radius 3 is 2.50 bits per heavy atom. The highest BCUT2D eigenvalue weighted by Gasteiger charge is 2.07. The molecule has 0 saturated carbocycles. The minimum absolute atomic E-state index is 0.190. The molecule has 148 valence electrons. The maximum absolute atomic E-state index is 12.0. The van der Waals surface area contributed by atoms with E-state index in [-0.39, 0.29) is 12.3 Å². The van der Waals surface area contributed by atoms with Gasteiger partial charge in [-0.1, -0.05) is 12.1 Å². The second-order valence-corrected chi connectivity index (χ2v) is 5.64. The molecule has 0 spiro atoms. The third kappa shape index (κ3) is 6.64. The van der Waals surface area contributed by atoms with E-state index in [1.54, 1.807) is 18.2 Å². The first-order valence-electron chi connectivity index (χ1n) is 8.58. The van der Waals surface area contributed by atoms with Gasteiger partial charge in [-0.2, -0.15) is 5.10 Å². The zero-order chi connectivity index (χ0) is 20.4. The van der Waals surface area contributed by atoms with Crippen molar-refractivity contribution in [3.63, 3.8) is 0 Å². The summed E-state index contributed by atoms with van der Waals surface area (Å²) in [5.74, 6) is 0.0960. The van der Waals surface area contributed by atoms with Crippen LogP contribution in [0.1, 0.15) is 18.1 Å². The molecule has 0 aromatic heterocycles. The van der Waals surface area contributed by atoms with Crippen molar-refractivity contribution in [2.45, 2.75) is 13.3 Å². The van der Waals surface area contributed by atoms with Gasteiger partial charge in [0.15, 0.2) is 18.1 Å². The van der Waals surface area contributed by atoms with Gasteiger partial charge in [-0.25, -0.2) is 10.2 Å². The molecular formula is C20H22N2O6. The Kier molecular flexibility index (Phi) is 7.83. The molecule has 0 atom stereocenters. The zero-order valence-corrected chi connectivity index (χ0v) is 15.7. The number of methoxy groups -OCH3 is 1. The first-order chi connectivity index (χ1) is 13.5. The number of nitrogens with zero attached hydrogens (tertiary/aromatic N) is 1. The topological polar surface area (TPSA) is 106 Å². The van der Waals surface area contributed by atoms with E-state index in [9.17, 15) is 9.59 Å². The minimum atomic E-state index is -1.08. The lowest BCUT2D eigenvalue weighted by Crippen LogP contribution is -2.19. The van der Waals surface area contributed by atoms with Gasteiger partial charge >= 0.3 is 5.97 Å². The van der Waals surface area contributed by atoms with Gasteiger partial charge in [0.05, 0.1) is 26.4 Å². The Morgan fingerprint density at radius 1 is 1.11 bits per heavy atom. The fourth-order valence-electron chi connectivity index (χ4n) is 2.30. The first kappa shape index (κ1) is 20.8. The van der Waals surface area contributed by atoms with Crippen LogP contribution in [0.2, 0.25) is 0 Å². The van der Waals surface area contributed by atoms with E-state index in [2.05, 4.69) is 10.5 Å². The van der Waals surface area contributed by atoms with Crippen molar-refractivity contribution in [3.8, 4) is 17.2 Å². The third-order valence-electron chi connectivity index (χ3n) is 3.54. The quantitative estimate of drug-likeness (QED) is 0.479. The van der Waals surface area contributed by atoms with E-state index < -0.39 is 12.6 Å². The Hall–Kier alpha value is -3.55. The van der Waals surface area contributed by atoms with Crippen LogP contribution in [0, 0.1) is 0 Å².